The van der Waals surface area contributed by atoms with E-state index in [-0.39, 0.29) is 17.9 Å². The van der Waals surface area contributed by atoms with Crippen LogP contribution in [0, 0.1) is 0 Å². The highest BCUT2D eigenvalue weighted by Crippen LogP contribution is 2.34. The Morgan fingerprint density at radius 1 is 1.38 bits per heavy atom. The van der Waals surface area contributed by atoms with Gasteiger partial charge in [0.25, 0.3) is 5.91 Å². The van der Waals surface area contributed by atoms with Gasteiger partial charge >= 0.3 is 0 Å². The summed E-state index contributed by atoms with van der Waals surface area (Å²) in [4.78, 5) is 29.6. The lowest BCUT2D eigenvalue weighted by Crippen LogP contribution is -2.44. The molecule has 0 fully saturated rings. The van der Waals surface area contributed by atoms with Crippen molar-refractivity contribution in [2.45, 2.75) is 12.5 Å². The highest BCUT2D eigenvalue weighted by molar-refractivity contribution is 5.95. The molecular formula is C18H25N3O3. The Morgan fingerprint density at radius 2 is 2.08 bits per heavy atom. The molecule has 0 radical (unpaired) electrons. The van der Waals surface area contributed by atoms with Gasteiger partial charge in [-0.2, -0.15) is 0 Å². The monoisotopic (exact) mass is 331 g/mol. The molecule has 1 aromatic carbocycles. The summed E-state index contributed by atoms with van der Waals surface area (Å²) in [6.07, 6.45) is 2.06. The molecule has 0 aliphatic carbocycles. The fraction of sp³-hybridized carbons (Fsp3) is 0.444. The lowest BCUT2D eigenvalue weighted by atomic mass is 10.1. The SMILES string of the molecule is C=CCN(C)C(=O)C[C@@H]1COc2ccc(C(=O)N(C)C)cc2N1C. The molecule has 6 heteroatoms. The predicted octanol–water partition coefficient (Wildman–Crippen LogP) is 1.62. The molecule has 1 heterocycles. The highest BCUT2D eigenvalue weighted by Gasteiger charge is 2.28. The number of likely N-dealkylation sites (N-methyl/N-ethyl adjacent to an activating group) is 2. The molecule has 6 nitrogen and oxygen atoms in total. The van der Waals surface area contributed by atoms with Gasteiger partial charge in [-0.1, -0.05) is 6.08 Å². The summed E-state index contributed by atoms with van der Waals surface area (Å²) < 4.78 is 5.78. The minimum Gasteiger partial charge on any atom is -0.489 e. The summed E-state index contributed by atoms with van der Waals surface area (Å²) in [7, 11) is 7.13. The Bertz CT molecular complexity index is 642. The number of carbonyl (C=O) groups is 2. The number of ether oxygens (including phenoxy) is 1. The second kappa shape index (κ2) is 7.38. The van der Waals surface area contributed by atoms with Crippen LogP contribution in [0.1, 0.15) is 16.8 Å². The van der Waals surface area contributed by atoms with Gasteiger partial charge in [-0.15, -0.1) is 6.58 Å². The fourth-order valence-electron chi connectivity index (χ4n) is 2.65. The Balaban J connectivity index is 2.17. The summed E-state index contributed by atoms with van der Waals surface area (Å²) in [5.41, 5.74) is 1.43. The van der Waals surface area contributed by atoms with Crippen LogP contribution in [0.4, 0.5) is 5.69 Å². The molecule has 1 aliphatic heterocycles. The van der Waals surface area contributed by atoms with Crippen LogP contribution in [0.25, 0.3) is 0 Å². The van der Waals surface area contributed by atoms with E-state index in [9.17, 15) is 9.59 Å². The Labute approximate surface area is 143 Å². The van der Waals surface area contributed by atoms with Crippen LogP contribution in [0.2, 0.25) is 0 Å². The Hall–Kier alpha value is -2.50. The summed E-state index contributed by atoms with van der Waals surface area (Å²) in [6, 6.07) is 5.33. The maximum atomic E-state index is 12.3. The minimum atomic E-state index is -0.0676. The number of fused-ring (bicyclic) bond motifs is 1. The van der Waals surface area contributed by atoms with E-state index < -0.39 is 0 Å². The van der Waals surface area contributed by atoms with Gasteiger partial charge in [0, 0.05) is 40.3 Å². The molecule has 0 spiro atoms. The van der Waals surface area contributed by atoms with Crippen molar-refractivity contribution in [1.29, 1.82) is 0 Å². The zero-order valence-corrected chi connectivity index (χ0v) is 14.8. The van der Waals surface area contributed by atoms with E-state index >= 15 is 0 Å². The van der Waals surface area contributed by atoms with Gasteiger partial charge in [0.05, 0.1) is 18.2 Å². The molecular weight excluding hydrogens is 306 g/mol. The number of anilines is 1. The number of nitrogens with zero attached hydrogens (tertiary/aromatic N) is 3. The van der Waals surface area contributed by atoms with Crippen molar-refractivity contribution >= 4 is 17.5 Å². The summed E-state index contributed by atoms with van der Waals surface area (Å²) in [6.45, 7) is 4.61. The van der Waals surface area contributed by atoms with E-state index in [1.165, 1.54) is 4.90 Å². The molecule has 0 bridgehead atoms. The Morgan fingerprint density at radius 3 is 2.71 bits per heavy atom. The van der Waals surface area contributed by atoms with Crippen molar-refractivity contribution in [3.8, 4) is 5.75 Å². The van der Waals surface area contributed by atoms with Gasteiger partial charge in [-0.05, 0) is 18.2 Å². The second-order valence-electron chi connectivity index (χ2n) is 6.22. The summed E-state index contributed by atoms with van der Waals surface area (Å²) in [5.74, 6) is 0.713. The number of carbonyl (C=O) groups excluding carboxylic acids is 2. The molecule has 0 saturated carbocycles. The van der Waals surface area contributed by atoms with Crippen molar-refractivity contribution in [2.75, 3.05) is 46.2 Å². The molecule has 1 aromatic rings. The first-order chi connectivity index (χ1) is 11.3. The third-order valence-electron chi connectivity index (χ3n) is 4.21. The van der Waals surface area contributed by atoms with E-state index in [1.54, 1.807) is 38.2 Å². The van der Waals surface area contributed by atoms with Crippen LogP contribution >= 0.6 is 0 Å². The molecule has 24 heavy (non-hydrogen) atoms. The molecule has 0 unspecified atom stereocenters. The van der Waals surface area contributed by atoms with E-state index in [4.69, 9.17) is 4.74 Å². The van der Waals surface area contributed by atoms with Gasteiger partial charge in [-0.3, -0.25) is 9.59 Å². The smallest absolute Gasteiger partial charge is 0.253 e. The molecule has 130 valence electrons. The van der Waals surface area contributed by atoms with E-state index in [1.807, 2.05) is 24.1 Å². The quantitative estimate of drug-likeness (QED) is 0.770. The lowest BCUT2D eigenvalue weighted by molar-refractivity contribution is -0.130. The molecule has 0 saturated heterocycles. The molecule has 1 aliphatic rings. The number of hydrogen-bond acceptors (Lipinski definition) is 4. The van der Waals surface area contributed by atoms with Crippen molar-refractivity contribution in [2.24, 2.45) is 0 Å². The van der Waals surface area contributed by atoms with Crippen molar-refractivity contribution < 1.29 is 14.3 Å². The molecule has 2 rings (SSSR count). The predicted molar refractivity (Wildman–Crippen MR) is 94.6 cm³/mol. The van der Waals surface area contributed by atoms with Crippen molar-refractivity contribution in [3.05, 3.63) is 36.4 Å². The zero-order valence-electron chi connectivity index (χ0n) is 14.8. The molecule has 2 amide bonds. The van der Waals surface area contributed by atoms with Gasteiger partial charge in [0.2, 0.25) is 5.91 Å². The molecule has 1 atom stereocenters. The van der Waals surface area contributed by atoms with Gasteiger partial charge in [0.15, 0.2) is 0 Å². The van der Waals surface area contributed by atoms with E-state index in [0.717, 1.165) is 11.4 Å². The summed E-state index contributed by atoms with van der Waals surface area (Å²) >= 11 is 0. The van der Waals surface area contributed by atoms with Gasteiger partial charge in [-0.25, -0.2) is 0 Å². The molecule has 0 N–H and O–H groups in total. The third-order valence-corrected chi connectivity index (χ3v) is 4.21. The van der Waals surface area contributed by atoms with Crippen molar-refractivity contribution in [3.63, 3.8) is 0 Å². The fourth-order valence-corrected chi connectivity index (χ4v) is 2.65. The van der Waals surface area contributed by atoms with E-state index in [2.05, 4.69) is 6.58 Å². The maximum absolute atomic E-state index is 12.3. The highest BCUT2D eigenvalue weighted by atomic mass is 16.5. The van der Waals surface area contributed by atoms with Crippen LogP contribution in [0.3, 0.4) is 0 Å². The number of benzene rings is 1. The largest absolute Gasteiger partial charge is 0.489 e. The van der Waals surface area contributed by atoms with E-state index in [0.29, 0.717) is 25.1 Å². The number of hydrogen-bond donors (Lipinski definition) is 0. The zero-order chi connectivity index (χ0) is 17.9. The van der Waals surface area contributed by atoms with Crippen LogP contribution in [-0.4, -0.2) is 69.0 Å². The normalized spacial score (nSPS) is 16.0. The van der Waals surface area contributed by atoms with Crippen LogP contribution in [0.15, 0.2) is 30.9 Å². The first-order valence-corrected chi connectivity index (χ1v) is 7.91. The minimum absolute atomic E-state index is 0.0410. The first kappa shape index (κ1) is 17.8. The number of amides is 2. The average Bonchev–Trinajstić information content (AvgIpc) is 2.56. The van der Waals surface area contributed by atoms with Crippen molar-refractivity contribution in [1.82, 2.24) is 9.80 Å². The van der Waals surface area contributed by atoms with Gasteiger partial charge in [0.1, 0.15) is 12.4 Å². The first-order valence-electron chi connectivity index (χ1n) is 7.91. The third kappa shape index (κ3) is 3.69. The topological polar surface area (TPSA) is 53.1 Å². The van der Waals surface area contributed by atoms with Crippen LogP contribution in [-0.2, 0) is 4.79 Å². The van der Waals surface area contributed by atoms with Crippen LogP contribution < -0.4 is 9.64 Å². The average molecular weight is 331 g/mol. The van der Waals surface area contributed by atoms with Gasteiger partial charge < -0.3 is 19.4 Å². The Kier molecular flexibility index (Phi) is 5.49. The molecule has 0 aromatic heterocycles. The number of rotatable bonds is 5. The second-order valence-corrected chi connectivity index (χ2v) is 6.22. The maximum Gasteiger partial charge on any atom is 0.253 e. The lowest BCUT2D eigenvalue weighted by Gasteiger charge is -2.36. The standard InChI is InChI=1S/C18H25N3O3/c1-6-9-20(4)17(22)11-14-12-24-16-8-7-13(18(23)19(2)3)10-15(16)21(14)5/h6-8,10,14H,1,9,11-12H2,2-5H3/t14-/m1/s1. The van der Waals surface area contributed by atoms with Crippen LogP contribution in [0.5, 0.6) is 5.75 Å². The summed E-state index contributed by atoms with van der Waals surface area (Å²) in [5, 5.41) is 0.